The molecule has 16 heavy (non-hydrogen) atoms. The molecule has 1 aromatic rings. The lowest BCUT2D eigenvalue weighted by Gasteiger charge is -2.01. The molecule has 0 amide bonds. The fraction of sp³-hybridized carbons (Fsp3) is 0.667. The first-order chi connectivity index (χ1) is 7.79. The predicted octanol–water partition coefficient (Wildman–Crippen LogP) is 1.77. The molecule has 0 radical (unpaired) electrons. The van der Waals surface area contributed by atoms with Gasteiger partial charge in [0.1, 0.15) is 12.4 Å². The van der Waals surface area contributed by atoms with E-state index in [1.54, 1.807) is 0 Å². The molecule has 0 aliphatic rings. The zero-order chi connectivity index (χ0) is 11.8. The molecular weight excluding hydrogens is 202 g/mol. The topological polar surface area (TPSA) is 41.8 Å². The predicted molar refractivity (Wildman–Crippen MR) is 60.5 cm³/mol. The van der Waals surface area contributed by atoms with Crippen LogP contribution >= 0.6 is 0 Å². The van der Waals surface area contributed by atoms with Crippen molar-refractivity contribution in [1.82, 2.24) is 4.57 Å². The summed E-state index contributed by atoms with van der Waals surface area (Å²) in [4.78, 5) is 0. The van der Waals surface area contributed by atoms with Gasteiger partial charge in [0.05, 0.1) is 19.2 Å². The molecule has 0 bridgehead atoms. The van der Waals surface area contributed by atoms with Crippen LogP contribution in [-0.4, -0.2) is 11.2 Å². The van der Waals surface area contributed by atoms with Crippen molar-refractivity contribution in [2.75, 3.05) is 6.61 Å². The van der Waals surface area contributed by atoms with E-state index in [0.29, 0.717) is 13.2 Å². The summed E-state index contributed by atoms with van der Waals surface area (Å²) >= 11 is 0. The summed E-state index contributed by atoms with van der Waals surface area (Å²) in [5.74, 6) is 1.18. The van der Waals surface area contributed by atoms with Gasteiger partial charge in [-0.2, -0.15) is 5.26 Å². The SMILES string of the molecule is CCCOC[n+]1ccn(CCCC#N)c1C. The average Bonchev–Trinajstić information content (AvgIpc) is 2.62. The van der Waals surface area contributed by atoms with Crippen LogP contribution in [0.2, 0.25) is 0 Å². The Morgan fingerprint density at radius 2 is 2.38 bits per heavy atom. The third-order valence-corrected chi connectivity index (χ3v) is 2.52. The Labute approximate surface area is 97.1 Å². The van der Waals surface area contributed by atoms with Crippen LogP contribution in [0.5, 0.6) is 0 Å². The summed E-state index contributed by atoms with van der Waals surface area (Å²) in [5.41, 5.74) is 0. The van der Waals surface area contributed by atoms with Gasteiger partial charge in [-0.25, -0.2) is 9.13 Å². The van der Waals surface area contributed by atoms with E-state index in [1.807, 2.05) is 12.4 Å². The number of aryl methyl sites for hydroxylation is 1. The Hall–Kier alpha value is -1.34. The third-order valence-electron chi connectivity index (χ3n) is 2.52. The van der Waals surface area contributed by atoms with Gasteiger partial charge in [-0.15, -0.1) is 0 Å². The van der Waals surface area contributed by atoms with Gasteiger partial charge < -0.3 is 4.74 Å². The van der Waals surface area contributed by atoms with Gasteiger partial charge in [-0.1, -0.05) is 6.92 Å². The smallest absolute Gasteiger partial charge is 0.255 e. The first kappa shape index (κ1) is 12.7. The molecule has 0 spiro atoms. The van der Waals surface area contributed by atoms with Gasteiger partial charge in [0.15, 0.2) is 6.73 Å². The van der Waals surface area contributed by atoms with Crippen LogP contribution in [0.15, 0.2) is 12.4 Å². The molecule has 1 rings (SSSR count). The zero-order valence-corrected chi connectivity index (χ0v) is 10.1. The fourth-order valence-corrected chi connectivity index (χ4v) is 1.55. The van der Waals surface area contributed by atoms with E-state index >= 15 is 0 Å². The van der Waals surface area contributed by atoms with Crippen molar-refractivity contribution in [1.29, 1.82) is 5.26 Å². The molecule has 1 heterocycles. The van der Waals surface area contributed by atoms with Crippen molar-refractivity contribution in [2.24, 2.45) is 0 Å². The molecule has 0 aliphatic heterocycles. The van der Waals surface area contributed by atoms with Crippen LogP contribution in [0, 0.1) is 18.3 Å². The summed E-state index contributed by atoms with van der Waals surface area (Å²) in [5, 5.41) is 8.48. The summed E-state index contributed by atoms with van der Waals surface area (Å²) in [6.07, 6.45) is 6.63. The quantitative estimate of drug-likeness (QED) is 0.521. The van der Waals surface area contributed by atoms with Crippen LogP contribution in [0.4, 0.5) is 0 Å². The maximum absolute atomic E-state index is 8.48. The molecule has 0 aliphatic carbocycles. The Morgan fingerprint density at radius 1 is 1.56 bits per heavy atom. The van der Waals surface area contributed by atoms with Crippen molar-refractivity contribution in [3.05, 3.63) is 18.2 Å². The monoisotopic (exact) mass is 222 g/mol. The van der Waals surface area contributed by atoms with E-state index in [0.717, 1.165) is 26.0 Å². The molecule has 0 saturated heterocycles. The summed E-state index contributed by atoms with van der Waals surface area (Å²) in [6, 6.07) is 2.16. The molecule has 1 aromatic heterocycles. The van der Waals surface area contributed by atoms with Gasteiger partial charge in [0, 0.05) is 13.3 Å². The Balaban J connectivity index is 2.45. The number of aromatic nitrogens is 2. The highest BCUT2D eigenvalue weighted by atomic mass is 16.5. The van der Waals surface area contributed by atoms with Gasteiger partial charge in [0.25, 0.3) is 5.82 Å². The minimum absolute atomic E-state index is 0.615. The summed E-state index contributed by atoms with van der Waals surface area (Å²) in [7, 11) is 0. The molecule has 0 atom stereocenters. The molecule has 0 saturated carbocycles. The van der Waals surface area contributed by atoms with Gasteiger partial charge in [0.2, 0.25) is 0 Å². The highest BCUT2D eigenvalue weighted by molar-refractivity contribution is 4.80. The molecule has 0 fully saturated rings. The maximum atomic E-state index is 8.48. The second kappa shape index (κ2) is 7.02. The molecule has 4 nitrogen and oxygen atoms in total. The molecule has 0 N–H and O–H groups in total. The van der Waals surface area contributed by atoms with E-state index in [1.165, 1.54) is 5.82 Å². The lowest BCUT2D eigenvalue weighted by molar-refractivity contribution is -0.737. The van der Waals surface area contributed by atoms with Crippen molar-refractivity contribution in [3.8, 4) is 6.07 Å². The fourth-order valence-electron chi connectivity index (χ4n) is 1.55. The number of rotatable bonds is 7. The number of hydrogen-bond donors (Lipinski definition) is 0. The van der Waals surface area contributed by atoms with E-state index in [-0.39, 0.29) is 0 Å². The standard InChI is InChI=1S/C12H20N3O/c1-3-10-16-11-15-9-8-14(12(15)2)7-5-4-6-13/h8-9H,3-5,7,10-11H2,1-2H3/q+1. The first-order valence-electron chi connectivity index (χ1n) is 5.79. The summed E-state index contributed by atoms with van der Waals surface area (Å²) in [6.45, 7) is 6.49. The minimum Gasteiger partial charge on any atom is -0.342 e. The lowest BCUT2D eigenvalue weighted by atomic mass is 10.3. The van der Waals surface area contributed by atoms with E-state index < -0.39 is 0 Å². The van der Waals surface area contributed by atoms with Crippen LogP contribution in [-0.2, 0) is 18.0 Å². The number of imidazole rings is 1. The normalized spacial score (nSPS) is 10.3. The van der Waals surface area contributed by atoms with Gasteiger partial charge in [-0.05, 0) is 12.8 Å². The number of unbranched alkanes of at least 4 members (excludes halogenated alkanes) is 1. The molecular formula is C12H20N3O+. The summed E-state index contributed by atoms with van der Waals surface area (Å²) < 4.78 is 9.73. The molecule has 0 unspecified atom stereocenters. The third kappa shape index (κ3) is 3.67. The van der Waals surface area contributed by atoms with Crippen molar-refractivity contribution < 1.29 is 9.30 Å². The number of hydrogen-bond acceptors (Lipinski definition) is 2. The van der Waals surface area contributed by atoms with Crippen molar-refractivity contribution >= 4 is 0 Å². The average molecular weight is 222 g/mol. The largest absolute Gasteiger partial charge is 0.342 e. The highest BCUT2D eigenvalue weighted by Gasteiger charge is 2.11. The van der Waals surface area contributed by atoms with Gasteiger partial charge in [-0.3, -0.25) is 0 Å². The molecule has 88 valence electrons. The van der Waals surface area contributed by atoms with Crippen LogP contribution in [0.25, 0.3) is 0 Å². The molecule has 4 heteroatoms. The van der Waals surface area contributed by atoms with Crippen LogP contribution in [0.3, 0.4) is 0 Å². The van der Waals surface area contributed by atoms with E-state index in [4.69, 9.17) is 10.00 Å². The first-order valence-corrected chi connectivity index (χ1v) is 5.79. The number of nitriles is 1. The number of nitrogens with zero attached hydrogens (tertiary/aromatic N) is 3. The Kier molecular flexibility index (Phi) is 5.58. The maximum Gasteiger partial charge on any atom is 0.255 e. The van der Waals surface area contributed by atoms with E-state index in [9.17, 15) is 0 Å². The van der Waals surface area contributed by atoms with Crippen molar-refractivity contribution in [2.45, 2.75) is 46.4 Å². The van der Waals surface area contributed by atoms with Crippen LogP contribution in [0.1, 0.15) is 32.0 Å². The second-order valence-corrected chi connectivity index (χ2v) is 3.81. The molecule has 0 aromatic carbocycles. The van der Waals surface area contributed by atoms with E-state index in [2.05, 4.69) is 29.1 Å². The highest BCUT2D eigenvalue weighted by Crippen LogP contribution is 1.98. The van der Waals surface area contributed by atoms with Crippen LogP contribution < -0.4 is 4.57 Å². The number of ether oxygens (including phenoxy) is 1. The minimum atomic E-state index is 0.615. The second-order valence-electron chi connectivity index (χ2n) is 3.81. The Bertz CT molecular complexity index is 352. The van der Waals surface area contributed by atoms with Crippen molar-refractivity contribution in [3.63, 3.8) is 0 Å². The lowest BCUT2D eigenvalue weighted by Crippen LogP contribution is -2.37. The van der Waals surface area contributed by atoms with Gasteiger partial charge >= 0.3 is 0 Å². The zero-order valence-electron chi connectivity index (χ0n) is 10.1. The Morgan fingerprint density at radius 3 is 3.06 bits per heavy atom.